The Hall–Kier alpha value is -2.65. The zero-order valence-electron chi connectivity index (χ0n) is 14.5. The number of aliphatic hydroxyl groups is 1. The number of anilines is 2. The molecule has 144 valence electrons. The first kappa shape index (κ1) is 20.7. The molecule has 0 aliphatic carbocycles. The van der Waals surface area contributed by atoms with Crippen molar-refractivity contribution in [1.82, 2.24) is 5.43 Å². The average molecular weight is 396 g/mol. The quantitative estimate of drug-likeness (QED) is 0.397. The van der Waals surface area contributed by atoms with Crippen molar-refractivity contribution >= 4 is 34.9 Å². The van der Waals surface area contributed by atoms with Crippen LogP contribution in [0.15, 0.2) is 53.6 Å². The smallest absolute Gasteiger partial charge is 0.395 e. The number of benzene rings is 2. The molecule has 0 fully saturated rings. The van der Waals surface area contributed by atoms with E-state index in [0.717, 1.165) is 23.4 Å². The molecule has 0 unspecified atom stereocenters. The topological polar surface area (TPSA) is 59.9 Å². The van der Waals surface area contributed by atoms with Crippen molar-refractivity contribution in [3.8, 4) is 0 Å². The summed E-state index contributed by atoms with van der Waals surface area (Å²) in [4.78, 5) is 1.91. The van der Waals surface area contributed by atoms with Crippen LogP contribution in [0.3, 0.4) is 0 Å². The van der Waals surface area contributed by atoms with Crippen molar-refractivity contribution in [2.75, 3.05) is 30.4 Å². The molecule has 0 amide bonds. The van der Waals surface area contributed by atoms with Crippen molar-refractivity contribution < 1.29 is 18.3 Å². The minimum absolute atomic E-state index is 0.0694. The zero-order valence-corrected chi connectivity index (χ0v) is 15.3. The summed E-state index contributed by atoms with van der Waals surface area (Å²) in [6.07, 6.45) is -2.88. The first-order chi connectivity index (χ1) is 12.8. The molecule has 27 heavy (non-hydrogen) atoms. The van der Waals surface area contributed by atoms with Gasteiger partial charge in [0.15, 0.2) is 5.11 Å². The van der Waals surface area contributed by atoms with Gasteiger partial charge in [0.1, 0.15) is 0 Å². The average Bonchev–Trinajstić information content (AvgIpc) is 2.62. The number of rotatable bonds is 6. The highest BCUT2D eigenvalue weighted by atomic mass is 32.1. The molecule has 5 nitrogen and oxygen atoms in total. The van der Waals surface area contributed by atoms with E-state index in [1.807, 2.05) is 36.2 Å². The molecule has 0 radical (unpaired) electrons. The fourth-order valence-corrected chi connectivity index (χ4v) is 2.36. The van der Waals surface area contributed by atoms with E-state index in [1.165, 1.54) is 18.3 Å². The fraction of sp³-hybridized carbons (Fsp3) is 0.222. The largest absolute Gasteiger partial charge is 0.416 e. The molecule has 2 rings (SSSR count). The number of nitrogens with one attached hydrogen (secondary N) is 2. The summed E-state index contributed by atoms with van der Waals surface area (Å²) < 4.78 is 38.1. The number of nitrogens with zero attached hydrogens (tertiary/aromatic N) is 2. The van der Waals surface area contributed by atoms with Crippen LogP contribution in [0.25, 0.3) is 0 Å². The second-order valence-corrected chi connectivity index (χ2v) is 6.05. The van der Waals surface area contributed by atoms with Crippen LogP contribution in [0.4, 0.5) is 24.5 Å². The summed E-state index contributed by atoms with van der Waals surface area (Å²) >= 11 is 5.02. The maximum absolute atomic E-state index is 12.7. The van der Waals surface area contributed by atoms with E-state index in [4.69, 9.17) is 17.3 Å². The summed E-state index contributed by atoms with van der Waals surface area (Å²) in [6.45, 7) is 0.602. The molecule has 0 atom stereocenters. The lowest BCUT2D eigenvalue weighted by Gasteiger charge is -2.17. The van der Waals surface area contributed by atoms with E-state index in [2.05, 4.69) is 15.8 Å². The summed E-state index contributed by atoms with van der Waals surface area (Å²) in [6, 6.07) is 12.2. The number of thiocarbonyl (C=S) groups is 1. The molecule has 9 heteroatoms. The standard InChI is InChI=1S/C18H19F3N4OS/c1-25(9-10-26)16-7-5-13(6-8-16)12-22-24-17(27)23-15-4-2-3-14(11-15)18(19,20)21/h2-8,11-12,26H,9-10H2,1H3,(H2,23,24,27)/b22-12+. The zero-order chi connectivity index (χ0) is 19.9. The van der Waals surface area contributed by atoms with Crippen molar-refractivity contribution in [3.63, 3.8) is 0 Å². The number of aliphatic hydroxyl groups excluding tert-OH is 1. The molecule has 2 aromatic rings. The molecule has 0 saturated heterocycles. The third-order valence-electron chi connectivity index (χ3n) is 3.60. The van der Waals surface area contributed by atoms with E-state index < -0.39 is 11.7 Å². The van der Waals surface area contributed by atoms with E-state index in [-0.39, 0.29) is 17.4 Å². The SMILES string of the molecule is CN(CCO)c1ccc(/C=N/NC(=S)Nc2cccc(C(F)(F)F)c2)cc1. The van der Waals surface area contributed by atoms with Gasteiger partial charge in [-0.1, -0.05) is 18.2 Å². The molecule has 0 aliphatic heterocycles. The minimum Gasteiger partial charge on any atom is -0.395 e. The second kappa shape index (κ2) is 9.33. The molecule has 0 aliphatic rings. The molecule has 0 bridgehead atoms. The van der Waals surface area contributed by atoms with E-state index >= 15 is 0 Å². The lowest BCUT2D eigenvalue weighted by atomic mass is 10.2. The van der Waals surface area contributed by atoms with E-state index in [1.54, 1.807) is 0 Å². The van der Waals surface area contributed by atoms with Gasteiger partial charge in [0.05, 0.1) is 18.4 Å². The molecule has 0 saturated carbocycles. The number of hydrogen-bond donors (Lipinski definition) is 3. The monoisotopic (exact) mass is 396 g/mol. The van der Waals surface area contributed by atoms with Gasteiger partial charge in [-0.05, 0) is 48.1 Å². The third kappa shape index (κ3) is 6.54. The maximum Gasteiger partial charge on any atom is 0.416 e. The van der Waals surface area contributed by atoms with Crippen LogP contribution in [-0.2, 0) is 6.18 Å². The predicted octanol–water partition coefficient (Wildman–Crippen LogP) is 3.45. The molecule has 0 heterocycles. The lowest BCUT2D eigenvalue weighted by Crippen LogP contribution is -2.24. The first-order valence-electron chi connectivity index (χ1n) is 7.99. The Morgan fingerprint density at radius 2 is 1.93 bits per heavy atom. The van der Waals surface area contributed by atoms with Crippen molar-refractivity contribution in [1.29, 1.82) is 0 Å². The highest BCUT2D eigenvalue weighted by molar-refractivity contribution is 7.80. The summed E-state index contributed by atoms with van der Waals surface area (Å²) in [5.41, 5.74) is 3.78. The van der Waals surface area contributed by atoms with Crippen molar-refractivity contribution in [2.24, 2.45) is 5.10 Å². The van der Waals surface area contributed by atoms with Gasteiger partial charge >= 0.3 is 6.18 Å². The van der Waals surface area contributed by atoms with E-state index in [9.17, 15) is 13.2 Å². The van der Waals surface area contributed by atoms with Gasteiger partial charge in [-0.25, -0.2) is 0 Å². The number of hydrogen-bond acceptors (Lipinski definition) is 4. The molecular formula is C18H19F3N4OS. The molecular weight excluding hydrogens is 377 g/mol. The van der Waals surface area contributed by atoms with Crippen LogP contribution in [0.1, 0.15) is 11.1 Å². The Balaban J connectivity index is 1.90. The minimum atomic E-state index is -4.41. The highest BCUT2D eigenvalue weighted by Crippen LogP contribution is 2.30. The van der Waals surface area contributed by atoms with Crippen LogP contribution in [-0.4, -0.2) is 36.6 Å². The fourth-order valence-electron chi connectivity index (χ4n) is 2.19. The third-order valence-corrected chi connectivity index (χ3v) is 3.79. The van der Waals surface area contributed by atoms with Gasteiger partial charge in [0.25, 0.3) is 0 Å². The van der Waals surface area contributed by atoms with E-state index in [0.29, 0.717) is 6.54 Å². The Labute approximate surface area is 160 Å². The van der Waals surface area contributed by atoms with Gasteiger partial charge in [-0.15, -0.1) is 0 Å². The van der Waals surface area contributed by atoms with Crippen LogP contribution in [0.5, 0.6) is 0 Å². The predicted molar refractivity (Wildman–Crippen MR) is 105 cm³/mol. The van der Waals surface area contributed by atoms with Crippen LogP contribution in [0.2, 0.25) is 0 Å². The maximum atomic E-state index is 12.7. The van der Waals surface area contributed by atoms with Crippen molar-refractivity contribution in [2.45, 2.75) is 6.18 Å². The summed E-state index contributed by atoms with van der Waals surface area (Å²) in [5, 5.41) is 15.6. The molecule has 0 spiro atoms. The normalized spacial score (nSPS) is 11.4. The summed E-state index contributed by atoms with van der Waals surface area (Å²) in [7, 11) is 1.87. The number of alkyl halides is 3. The Morgan fingerprint density at radius 3 is 2.56 bits per heavy atom. The first-order valence-corrected chi connectivity index (χ1v) is 8.40. The summed E-state index contributed by atoms with van der Waals surface area (Å²) in [5.74, 6) is 0. The van der Waals surface area contributed by atoms with Gasteiger partial charge in [0.2, 0.25) is 0 Å². The number of likely N-dealkylation sites (N-methyl/N-ethyl adjacent to an activating group) is 1. The van der Waals surface area contributed by atoms with Gasteiger partial charge < -0.3 is 15.3 Å². The Bertz CT molecular complexity index is 794. The van der Waals surface area contributed by atoms with Crippen molar-refractivity contribution in [3.05, 3.63) is 59.7 Å². The van der Waals surface area contributed by atoms with Gasteiger partial charge in [0, 0.05) is 25.0 Å². The molecule has 2 aromatic carbocycles. The van der Waals surface area contributed by atoms with Crippen LogP contribution < -0.4 is 15.6 Å². The highest BCUT2D eigenvalue weighted by Gasteiger charge is 2.30. The molecule has 3 N–H and O–H groups in total. The number of halogens is 3. The Morgan fingerprint density at radius 1 is 1.22 bits per heavy atom. The van der Waals surface area contributed by atoms with Gasteiger partial charge in [-0.3, -0.25) is 5.43 Å². The second-order valence-electron chi connectivity index (χ2n) is 5.64. The van der Waals surface area contributed by atoms with Crippen LogP contribution in [0, 0.1) is 0 Å². The Kier molecular flexibility index (Phi) is 7.14. The lowest BCUT2D eigenvalue weighted by molar-refractivity contribution is -0.137. The van der Waals surface area contributed by atoms with Crippen LogP contribution >= 0.6 is 12.2 Å². The van der Waals surface area contributed by atoms with Gasteiger partial charge in [-0.2, -0.15) is 18.3 Å². The number of hydrazone groups is 1. The molecule has 0 aromatic heterocycles.